The molecule has 0 unspecified atom stereocenters. The first-order chi connectivity index (χ1) is 12.8. The summed E-state index contributed by atoms with van der Waals surface area (Å²) >= 11 is 0. The zero-order valence-corrected chi connectivity index (χ0v) is 17.0. The molecular weight excluding hydrogens is 405 g/mol. The van der Waals surface area contributed by atoms with Gasteiger partial charge >= 0.3 is 0 Å². The molecule has 1 atom stereocenters. The van der Waals surface area contributed by atoms with E-state index in [-0.39, 0.29) is 35.7 Å². The SMILES string of the molecule is C[C@H]1CNCCN1C(=O)Cc1ccc(NS(=O)(=O)c2ccc(F)cc2)cc1.Cl. The topological polar surface area (TPSA) is 78.5 Å². The monoisotopic (exact) mass is 427 g/mol. The highest BCUT2D eigenvalue weighted by Gasteiger charge is 2.22. The molecule has 0 spiro atoms. The molecule has 152 valence electrons. The zero-order valence-electron chi connectivity index (χ0n) is 15.4. The molecule has 9 heteroatoms. The molecule has 2 aromatic carbocycles. The Bertz CT molecular complexity index is 905. The van der Waals surface area contributed by atoms with E-state index in [1.807, 2.05) is 11.8 Å². The number of benzene rings is 2. The smallest absolute Gasteiger partial charge is 0.261 e. The van der Waals surface area contributed by atoms with E-state index < -0.39 is 15.8 Å². The quantitative estimate of drug-likeness (QED) is 0.768. The van der Waals surface area contributed by atoms with Gasteiger partial charge in [0.25, 0.3) is 10.0 Å². The summed E-state index contributed by atoms with van der Waals surface area (Å²) in [5.74, 6) is -0.439. The summed E-state index contributed by atoms with van der Waals surface area (Å²) in [5.41, 5.74) is 1.20. The van der Waals surface area contributed by atoms with Crippen molar-refractivity contribution in [2.45, 2.75) is 24.3 Å². The van der Waals surface area contributed by atoms with Crippen molar-refractivity contribution in [3.05, 3.63) is 59.9 Å². The number of halogens is 2. The molecule has 1 fully saturated rings. The maximum Gasteiger partial charge on any atom is 0.261 e. The van der Waals surface area contributed by atoms with Gasteiger partial charge in [-0.05, 0) is 48.9 Å². The van der Waals surface area contributed by atoms with Gasteiger partial charge in [0.05, 0.1) is 11.3 Å². The van der Waals surface area contributed by atoms with Crippen molar-refractivity contribution in [3.63, 3.8) is 0 Å². The maximum atomic E-state index is 13.0. The van der Waals surface area contributed by atoms with E-state index in [1.165, 1.54) is 12.1 Å². The lowest BCUT2D eigenvalue weighted by atomic mass is 10.1. The fourth-order valence-corrected chi connectivity index (χ4v) is 4.06. The molecule has 3 rings (SSSR count). The van der Waals surface area contributed by atoms with Crippen LogP contribution in [0.2, 0.25) is 0 Å². The van der Waals surface area contributed by atoms with Gasteiger partial charge in [-0.15, -0.1) is 12.4 Å². The minimum Gasteiger partial charge on any atom is -0.337 e. The fraction of sp³-hybridized carbons (Fsp3) is 0.316. The van der Waals surface area contributed by atoms with E-state index in [9.17, 15) is 17.6 Å². The summed E-state index contributed by atoms with van der Waals surface area (Å²) in [6.45, 7) is 4.28. The largest absolute Gasteiger partial charge is 0.337 e. The van der Waals surface area contributed by atoms with Gasteiger partial charge in [-0.25, -0.2) is 12.8 Å². The second-order valence-electron chi connectivity index (χ2n) is 6.57. The molecular formula is C19H23ClFN3O3S. The van der Waals surface area contributed by atoms with Gasteiger partial charge in [0.2, 0.25) is 5.91 Å². The number of carbonyl (C=O) groups is 1. The van der Waals surface area contributed by atoms with Gasteiger partial charge in [-0.1, -0.05) is 12.1 Å². The maximum absolute atomic E-state index is 13.0. The lowest BCUT2D eigenvalue weighted by Gasteiger charge is -2.34. The van der Waals surface area contributed by atoms with Crippen molar-refractivity contribution in [2.75, 3.05) is 24.4 Å². The van der Waals surface area contributed by atoms with Gasteiger partial charge in [0.1, 0.15) is 5.82 Å². The van der Waals surface area contributed by atoms with E-state index in [1.54, 1.807) is 24.3 Å². The molecule has 0 radical (unpaired) electrons. The van der Waals surface area contributed by atoms with Gasteiger partial charge in [0, 0.05) is 31.4 Å². The molecule has 0 saturated carbocycles. The molecule has 0 aliphatic carbocycles. The molecule has 2 aromatic rings. The van der Waals surface area contributed by atoms with E-state index in [4.69, 9.17) is 0 Å². The highest BCUT2D eigenvalue weighted by Crippen LogP contribution is 2.18. The number of amides is 1. The van der Waals surface area contributed by atoms with Crippen LogP contribution in [0.4, 0.5) is 10.1 Å². The molecule has 1 heterocycles. The standard InChI is InChI=1S/C19H22FN3O3S.ClH/c1-14-13-21-10-11-23(14)19(24)12-15-2-6-17(7-3-15)22-27(25,26)18-8-4-16(20)5-9-18;/h2-9,14,21-22H,10-13H2,1H3;1H/t14-;/m0./s1. The Labute approximate surface area is 170 Å². The van der Waals surface area contributed by atoms with Crippen LogP contribution in [0.25, 0.3) is 0 Å². The van der Waals surface area contributed by atoms with Gasteiger partial charge in [0.15, 0.2) is 0 Å². The second kappa shape index (κ2) is 9.36. The lowest BCUT2D eigenvalue weighted by Crippen LogP contribution is -2.52. The third-order valence-corrected chi connectivity index (χ3v) is 5.90. The second-order valence-corrected chi connectivity index (χ2v) is 8.26. The Morgan fingerprint density at radius 2 is 1.82 bits per heavy atom. The van der Waals surface area contributed by atoms with Gasteiger partial charge in [-0.3, -0.25) is 9.52 Å². The number of anilines is 1. The van der Waals surface area contributed by atoms with Crippen molar-refractivity contribution in [3.8, 4) is 0 Å². The molecule has 1 aliphatic heterocycles. The molecule has 28 heavy (non-hydrogen) atoms. The highest BCUT2D eigenvalue weighted by atomic mass is 35.5. The minimum atomic E-state index is -3.79. The lowest BCUT2D eigenvalue weighted by molar-refractivity contribution is -0.133. The third-order valence-electron chi connectivity index (χ3n) is 4.51. The van der Waals surface area contributed by atoms with E-state index >= 15 is 0 Å². The first kappa shape index (κ1) is 22.1. The zero-order chi connectivity index (χ0) is 19.4. The predicted octanol–water partition coefficient (Wildman–Crippen LogP) is 2.41. The Morgan fingerprint density at radius 3 is 2.43 bits per heavy atom. The molecule has 1 saturated heterocycles. The van der Waals surface area contributed by atoms with E-state index in [2.05, 4.69) is 10.0 Å². The normalized spacial score (nSPS) is 16.9. The predicted molar refractivity (Wildman–Crippen MR) is 109 cm³/mol. The summed E-state index contributed by atoms with van der Waals surface area (Å²) in [6.07, 6.45) is 0.273. The van der Waals surface area contributed by atoms with Crippen molar-refractivity contribution in [1.29, 1.82) is 0 Å². The number of hydrogen-bond acceptors (Lipinski definition) is 4. The van der Waals surface area contributed by atoms with Crippen molar-refractivity contribution in [1.82, 2.24) is 10.2 Å². The van der Waals surface area contributed by atoms with E-state index in [0.29, 0.717) is 12.2 Å². The molecule has 1 aliphatic rings. The van der Waals surface area contributed by atoms with Crippen LogP contribution < -0.4 is 10.0 Å². The summed E-state index contributed by atoms with van der Waals surface area (Å²) in [7, 11) is -3.79. The average molecular weight is 428 g/mol. The number of nitrogens with one attached hydrogen (secondary N) is 2. The van der Waals surface area contributed by atoms with Crippen LogP contribution in [0.5, 0.6) is 0 Å². The van der Waals surface area contributed by atoms with Crippen molar-refractivity contribution < 1.29 is 17.6 Å². The number of sulfonamides is 1. The van der Waals surface area contributed by atoms with Crippen LogP contribution in [-0.2, 0) is 21.2 Å². The van der Waals surface area contributed by atoms with Crippen LogP contribution in [0.3, 0.4) is 0 Å². The first-order valence-corrected chi connectivity index (χ1v) is 10.2. The Morgan fingerprint density at radius 1 is 1.18 bits per heavy atom. The molecule has 6 nitrogen and oxygen atoms in total. The van der Waals surface area contributed by atoms with Gasteiger partial charge < -0.3 is 10.2 Å². The fourth-order valence-electron chi connectivity index (χ4n) is 3.01. The number of piperazine rings is 1. The molecule has 2 N–H and O–H groups in total. The minimum absolute atomic E-state index is 0. The number of rotatable bonds is 5. The Balaban J connectivity index is 0.00000280. The summed E-state index contributed by atoms with van der Waals surface area (Å²) in [4.78, 5) is 14.3. The van der Waals surface area contributed by atoms with Crippen LogP contribution in [-0.4, -0.2) is 44.9 Å². The average Bonchev–Trinajstić information content (AvgIpc) is 2.64. The molecule has 0 bridgehead atoms. The molecule has 1 amide bonds. The Kier molecular flexibility index (Phi) is 7.40. The van der Waals surface area contributed by atoms with Crippen LogP contribution in [0.15, 0.2) is 53.4 Å². The van der Waals surface area contributed by atoms with Crippen molar-refractivity contribution in [2.24, 2.45) is 0 Å². The van der Waals surface area contributed by atoms with Crippen molar-refractivity contribution >= 4 is 34.0 Å². The number of nitrogens with zero attached hydrogens (tertiary/aromatic N) is 1. The number of hydrogen-bond donors (Lipinski definition) is 2. The van der Waals surface area contributed by atoms with E-state index in [0.717, 1.165) is 30.8 Å². The van der Waals surface area contributed by atoms with Crippen LogP contribution >= 0.6 is 12.4 Å². The molecule has 0 aromatic heterocycles. The summed E-state index contributed by atoms with van der Waals surface area (Å²) < 4.78 is 40.0. The highest BCUT2D eigenvalue weighted by molar-refractivity contribution is 7.92. The van der Waals surface area contributed by atoms with Crippen LogP contribution in [0, 0.1) is 5.82 Å². The van der Waals surface area contributed by atoms with Crippen LogP contribution in [0.1, 0.15) is 12.5 Å². The third kappa shape index (κ3) is 5.43. The number of carbonyl (C=O) groups excluding carboxylic acids is 1. The summed E-state index contributed by atoms with van der Waals surface area (Å²) in [6, 6.07) is 11.5. The van der Waals surface area contributed by atoms with Gasteiger partial charge in [-0.2, -0.15) is 0 Å². The Hall–Kier alpha value is -2.16. The first-order valence-electron chi connectivity index (χ1n) is 8.73. The summed E-state index contributed by atoms with van der Waals surface area (Å²) in [5, 5.41) is 3.25.